The standard InChI is InChI=1S/C27H27N3O3/c31-25(16-20-18-33-24-11-10-19-6-4-5-9-23(19)27(20)24)28-22-12-14-30(15-13-22)17-26(32)29-21-7-2-1-3-8-21/h1-11,18,22H,12-17H2,(H,28,31)(H,29,32). The van der Waals surface area contributed by atoms with E-state index in [4.69, 9.17) is 4.42 Å². The van der Waals surface area contributed by atoms with Crippen LogP contribution < -0.4 is 10.6 Å². The Balaban J connectivity index is 1.14. The van der Waals surface area contributed by atoms with Crippen LogP contribution in [0.15, 0.2) is 77.4 Å². The summed E-state index contributed by atoms with van der Waals surface area (Å²) in [4.78, 5) is 27.2. The van der Waals surface area contributed by atoms with Crippen molar-refractivity contribution in [3.05, 3.63) is 78.6 Å². The summed E-state index contributed by atoms with van der Waals surface area (Å²) in [6.45, 7) is 1.93. The van der Waals surface area contributed by atoms with Gasteiger partial charge in [-0.25, -0.2) is 0 Å². The Hall–Kier alpha value is -3.64. The van der Waals surface area contributed by atoms with Gasteiger partial charge in [0.1, 0.15) is 5.58 Å². The number of nitrogens with one attached hydrogen (secondary N) is 2. The van der Waals surface area contributed by atoms with Gasteiger partial charge in [0.15, 0.2) is 0 Å². The van der Waals surface area contributed by atoms with Crippen LogP contribution in [0, 0.1) is 0 Å². The number of hydrogen-bond donors (Lipinski definition) is 2. The lowest BCUT2D eigenvalue weighted by Crippen LogP contribution is -2.46. The van der Waals surface area contributed by atoms with Crippen LogP contribution in [0.4, 0.5) is 5.69 Å². The summed E-state index contributed by atoms with van der Waals surface area (Å²) < 4.78 is 5.72. The molecule has 2 heterocycles. The molecular weight excluding hydrogens is 414 g/mol. The van der Waals surface area contributed by atoms with E-state index in [9.17, 15) is 9.59 Å². The van der Waals surface area contributed by atoms with Gasteiger partial charge in [-0.3, -0.25) is 14.5 Å². The van der Waals surface area contributed by atoms with Gasteiger partial charge in [-0.2, -0.15) is 0 Å². The molecular formula is C27H27N3O3. The number of rotatable bonds is 6. The van der Waals surface area contributed by atoms with Gasteiger partial charge < -0.3 is 15.1 Å². The maximum Gasteiger partial charge on any atom is 0.238 e. The monoisotopic (exact) mass is 441 g/mol. The number of carbonyl (C=O) groups is 2. The van der Waals surface area contributed by atoms with Crippen LogP contribution in [0.5, 0.6) is 0 Å². The van der Waals surface area contributed by atoms with E-state index >= 15 is 0 Å². The van der Waals surface area contributed by atoms with E-state index in [-0.39, 0.29) is 17.9 Å². The minimum absolute atomic E-state index is 0.00547. The van der Waals surface area contributed by atoms with E-state index in [2.05, 4.69) is 27.7 Å². The molecule has 5 rings (SSSR count). The largest absolute Gasteiger partial charge is 0.464 e. The van der Waals surface area contributed by atoms with Crippen LogP contribution in [0.1, 0.15) is 18.4 Å². The average Bonchev–Trinajstić information content (AvgIpc) is 3.24. The van der Waals surface area contributed by atoms with Gasteiger partial charge in [0, 0.05) is 35.8 Å². The van der Waals surface area contributed by atoms with Crippen LogP contribution in [-0.2, 0) is 16.0 Å². The zero-order valence-electron chi connectivity index (χ0n) is 18.4. The second kappa shape index (κ2) is 9.46. The smallest absolute Gasteiger partial charge is 0.238 e. The highest BCUT2D eigenvalue weighted by Gasteiger charge is 2.23. The molecule has 0 atom stereocenters. The number of benzene rings is 3. The van der Waals surface area contributed by atoms with Crippen molar-refractivity contribution in [3.63, 3.8) is 0 Å². The van der Waals surface area contributed by atoms with Crippen LogP contribution in [0.3, 0.4) is 0 Å². The Morgan fingerprint density at radius 3 is 2.48 bits per heavy atom. The Kier molecular flexibility index (Phi) is 6.09. The molecule has 0 saturated carbocycles. The first-order chi connectivity index (χ1) is 16.2. The first-order valence-electron chi connectivity index (χ1n) is 11.4. The molecule has 2 N–H and O–H groups in total. The zero-order chi connectivity index (χ0) is 22.6. The van der Waals surface area contributed by atoms with E-state index in [1.54, 1.807) is 6.26 Å². The molecule has 0 unspecified atom stereocenters. The number of anilines is 1. The predicted octanol–water partition coefficient (Wildman–Crippen LogP) is 4.35. The summed E-state index contributed by atoms with van der Waals surface area (Å²) in [6, 6.07) is 21.8. The molecule has 4 aromatic rings. The predicted molar refractivity (Wildman–Crippen MR) is 130 cm³/mol. The molecule has 1 aliphatic rings. The molecule has 2 amide bonds. The summed E-state index contributed by atoms with van der Waals surface area (Å²) in [7, 11) is 0. The number of hydrogen-bond acceptors (Lipinski definition) is 4. The molecule has 0 radical (unpaired) electrons. The van der Waals surface area contributed by atoms with E-state index in [0.29, 0.717) is 13.0 Å². The molecule has 0 spiro atoms. The highest BCUT2D eigenvalue weighted by Crippen LogP contribution is 2.30. The second-order valence-electron chi connectivity index (χ2n) is 8.63. The molecule has 0 aliphatic carbocycles. The first kappa shape index (κ1) is 21.2. The number of furan rings is 1. The van der Waals surface area contributed by atoms with Crippen molar-refractivity contribution in [1.82, 2.24) is 10.2 Å². The highest BCUT2D eigenvalue weighted by molar-refractivity contribution is 6.08. The number of carbonyl (C=O) groups excluding carboxylic acids is 2. The molecule has 1 aromatic heterocycles. The van der Waals surface area contributed by atoms with Gasteiger partial charge in [0.25, 0.3) is 0 Å². The van der Waals surface area contributed by atoms with Gasteiger partial charge in [-0.15, -0.1) is 0 Å². The zero-order valence-corrected chi connectivity index (χ0v) is 18.4. The molecule has 6 nitrogen and oxygen atoms in total. The van der Waals surface area contributed by atoms with Crippen molar-refractivity contribution < 1.29 is 14.0 Å². The van der Waals surface area contributed by atoms with Crippen molar-refractivity contribution in [2.75, 3.05) is 25.0 Å². The first-order valence-corrected chi connectivity index (χ1v) is 11.4. The molecule has 168 valence electrons. The molecule has 1 aliphatic heterocycles. The van der Waals surface area contributed by atoms with Crippen LogP contribution in [-0.4, -0.2) is 42.4 Å². The normalized spacial score (nSPS) is 15.0. The highest BCUT2D eigenvalue weighted by atomic mass is 16.3. The van der Waals surface area contributed by atoms with Crippen molar-refractivity contribution in [2.45, 2.75) is 25.3 Å². The molecule has 6 heteroatoms. The fourth-order valence-electron chi connectivity index (χ4n) is 4.62. The number of piperidine rings is 1. The number of likely N-dealkylation sites (tertiary alicyclic amines) is 1. The molecule has 0 bridgehead atoms. The fourth-order valence-corrected chi connectivity index (χ4v) is 4.62. The van der Waals surface area contributed by atoms with Gasteiger partial charge in [0.2, 0.25) is 11.8 Å². The van der Waals surface area contributed by atoms with E-state index in [1.807, 2.05) is 54.6 Å². The van der Waals surface area contributed by atoms with Gasteiger partial charge in [0.05, 0.1) is 19.2 Å². The minimum atomic E-state index is -0.0113. The molecule has 3 aromatic carbocycles. The SMILES string of the molecule is O=C(CN1CCC(NC(=O)Cc2coc3ccc4ccccc4c23)CC1)Nc1ccccc1. The Morgan fingerprint density at radius 1 is 0.909 bits per heavy atom. The van der Waals surface area contributed by atoms with Crippen molar-refractivity contribution in [1.29, 1.82) is 0 Å². The van der Waals surface area contributed by atoms with Crippen LogP contribution in [0.25, 0.3) is 21.7 Å². The van der Waals surface area contributed by atoms with Crippen LogP contribution >= 0.6 is 0 Å². The Morgan fingerprint density at radius 2 is 1.67 bits per heavy atom. The van der Waals surface area contributed by atoms with Gasteiger partial charge in [-0.05, 0) is 41.8 Å². The third-order valence-corrected chi connectivity index (χ3v) is 6.27. The van der Waals surface area contributed by atoms with Crippen molar-refractivity contribution in [3.8, 4) is 0 Å². The third-order valence-electron chi connectivity index (χ3n) is 6.27. The number of nitrogens with zero attached hydrogens (tertiary/aromatic N) is 1. The summed E-state index contributed by atoms with van der Waals surface area (Å²) in [5.74, 6) is -0.00588. The lowest BCUT2D eigenvalue weighted by Gasteiger charge is -2.31. The summed E-state index contributed by atoms with van der Waals surface area (Å²) in [5, 5.41) is 9.36. The Labute approximate surface area is 192 Å². The number of para-hydroxylation sites is 1. The maximum atomic E-state index is 12.8. The van der Waals surface area contributed by atoms with Gasteiger partial charge in [-0.1, -0.05) is 48.5 Å². The maximum absolute atomic E-state index is 12.8. The van der Waals surface area contributed by atoms with E-state index in [1.165, 1.54) is 0 Å². The number of fused-ring (bicyclic) bond motifs is 3. The minimum Gasteiger partial charge on any atom is -0.464 e. The van der Waals surface area contributed by atoms with Gasteiger partial charge >= 0.3 is 0 Å². The van der Waals surface area contributed by atoms with Crippen LogP contribution in [0.2, 0.25) is 0 Å². The topological polar surface area (TPSA) is 74.6 Å². The molecule has 33 heavy (non-hydrogen) atoms. The molecule has 1 saturated heterocycles. The quantitative estimate of drug-likeness (QED) is 0.467. The van der Waals surface area contributed by atoms with Crippen molar-refractivity contribution >= 4 is 39.2 Å². The van der Waals surface area contributed by atoms with E-state index < -0.39 is 0 Å². The lowest BCUT2D eigenvalue weighted by molar-refractivity contribution is -0.122. The van der Waals surface area contributed by atoms with Crippen molar-refractivity contribution in [2.24, 2.45) is 0 Å². The summed E-state index contributed by atoms with van der Waals surface area (Å²) in [6.07, 6.45) is 3.66. The average molecular weight is 442 g/mol. The third kappa shape index (κ3) is 4.91. The molecule has 1 fully saturated rings. The second-order valence-corrected chi connectivity index (χ2v) is 8.63. The Bertz CT molecular complexity index is 1270. The number of amides is 2. The van der Waals surface area contributed by atoms with E-state index in [0.717, 1.165) is 58.9 Å². The fraction of sp³-hybridized carbons (Fsp3) is 0.259. The summed E-state index contributed by atoms with van der Waals surface area (Å²) >= 11 is 0. The lowest BCUT2D eigenvalue weighted by atomic mass is 10.0. The summed E-state index contributed by atoms with van der Waals surface area (Å²) in [5.41, 5.74) is 2.53.